The van der Waals surface area contributed by atoms with Crippen molar-refractivity contribution in [2.45, 2.75) is 25.9 Å². The Kier molecular flexibility index (Phi) is 4.74. The smallest absolute Gasteiger partial charge is 0.145 e. The molecule has 0 radical (unpaired) electrons. The largest absolute Gasteiger partial charge is 0.487 e. The summed E-state index contributed by atoms with van der Waals surface area (Å²) in [5.74, 6) is 0.835. The molecule has 0 bridgehead atoms. The molecule has 1 saturated heterocycles. The molecule has 3 rings (SSSR count). The van der Waals surface area contributed by atoms with Gasteiger partial charge in [0.1, 0.15) is 12.4 Å². The molecule has 1 aliphatic heterocycles. The molecule has 0 atom stereocenters. The Bertz CT molecular complexity index is 639. The van der Waals surface area contributed by atoms with Gasteiger partial charge in [-0.05, 0) is 37.5 Å². The van der Waals surface area contributed by atoms with Gasteiger partial charge in [0, 0.05) is 35.4 Å². The fourth-order valence-electron chi connectivity index (χ4n) is 2.81. The molecule has 2 aromatic rings. The number of rotatable bonds is 4. The van der Waals surface area contributed by atoms with E-state index in [4.69, 9.17) is 22.1 Å². The summed E-state index contributed by atoms with van der Waals surface area (Å²) in [5, 5.41) is 0.728. The van der Waals surface area contributed by atoms with Crippen LogP contribution in [0.15, 0.2) is 42.5 Å². The Morgan fingerprint density at radius 3 is 2.59 bits per heavy atom. The number of benzene rings is 2. The van der Waals surface area contributed by atoms with Crippen molar-refractivity contribution in [1.29, 1.82) is 0 Å². The van der Waals surface area contributed by atoms with Crippen LogP contribution in [-0.4, -0.2) is 13.1 Å². The predicted octanol–water partition coefficient (Wildman–Crippen LogP) is 4.49. The van der Waals surface area contributed by atoms with Crippen LogP contribution in [0.5, 0.6) is 5.75 Å². The average molecular weight is 317 g/mol. The molecule has 0 unspecified atom stereocenters. The van der Waals surface area contributed by atoms with E-state index in [1.165, 1.54) is 19.3 Å². The number of nitrogen functional groups attached to an aromatic ring is 1. The molecule has 0 aliphatic carbocycles. The summed E-state index contributed by atoms with van der Waals surface area (Å²) in [6.45, 7) is 2.60. The SMILES string of the molecule is Nc1ccc(N2CCCCC2)c(OCc2ccccc2Cl)c1. The van der Waals surface area contributed by atoms with Crippen LogP contribution in [0.3, 0.4) is 0 Å². The van der Waals surface area contributed by atoms with Gasteiger partial charge < -0.3 is 15.4 Å². The van der Waals surface area contributed by atoms with Crippen molar-refractivity contribution >= 4 is 23.0 Å². The molecule has 22 heavy (non-hydrogen) atoms. The summed E-state index contributed by atoms with van der Waals surface area (Å²) >= 11 is 6.20. The second kappa shape index (κ2) is 6.93. The number of anilines is 2. The highest BCUT2D eigenvalue weighted by Gasteiger charge is 2.16. The molecule has 1 fully saturated rings. The quantitative estimate of drug-likeness (QED) is 0.844. The molecule has 0 amide bonds. The minimum absolute atomic E-state index is 0.448. The van der Waals surface area contributed by atoms with Crippen molar-refractivity contribution in [3.63, 3.8) is 0 Å². The summed E-state index contributed by atoms with van der Waals surface area (Å²) in [7, 11) is 0. The van der Waals surface area contributed by atoms with Crippen molar-refractivity contribution in [3.05, 3.63) is 53.1 Å². The number of hydrogen-bond donors (Lipinski definition) is 1. The standard InChI is InChI=1S/C18H21ClN2O/c19-16-7-3-2-6-14(16)13-22-18-12-15(20)8-9-17(18)21-10-4-1-5-11-21/h2-3,6-9,12H,1,4-5,10-11,13,20H2. The van der Waals surface area contributed by atoms with Gasteiger partial charge in [-0.25, -0.2) is 0 Å². The van der Waals surface area contributed by atoms with Gasteiger partial charge in [-0.3, -0.25) is 0 Å². The van der Waals surface area contributed by atoms with Crippen LogP contribution < -0.4 is 15.4 Å². The number of halogens is 1. The molecule has 4 heteroatoms. The molecule has 1 aliphatic rings. The first-order valence-corrected chi connectivity index (χ1v) is 8.12. The van der Waals surface area contributed by atoms with E-state index in [-0.39, 0.29) is 0 Å². The van der Waals surface area contributed by atoms with Gasteiger partial charge in [-0.1, -0.05) is 29.8 Å². The van der Waals surface area contributed by atoms with Gasteiger partial charge in [0.25, 0.3) is 0 Å². The Labute approximate surface area is 136 Å². The van der Waals surface area contributed by atoms with Crippen LogP contribution >= 0.6 is 11.6 Å². The summed E-state index contributed by atoms with van der Waals surface area (Å²) in [6, 6.07) is 13.6. The topological polar surface area (TPSA) is 38.5 Å². The van der Waals surface area contributed by atoms with Crippen molar-refractivity contribution in [1.82, 2.24) is 0 Å². The van der Waals surface area contributed by atoms with Gasteiger partial charge in [-0.15, -0.1) is 0 Å². The maximum absolute atomic E-state index is 6.20. The fraction of sp³-hybridized carbons (Fsp3) is 0.333. The molecular weight excluding hydrogens is 296 g/mol. The van der Waals surface area contributed by atoms with Crippen LogP contribution in [0.25, 0.3) is 0 Å². The van der Waals surface area contributed by atoms with E-state index >= 15 is 0 Å². The fourth-order valence-corrected chi connectivity index (χ4v) is 3.00. The summed E-state index contributed by atoms with van der Waals surface area (Å²) in [5.41, 5.74) is 8.76. The molecule has 1 heterocycles. The lowest BCUT2D eigenvalue weighted by atomic mass is 10.1. The Morgan fingerprint density at radius 1 is 1.05 bits per heavy atom. The van der Waals surface area contributed by atoms with Crippen molar-refractivity contribution < 1.29 is 4.74 Å². The Balaban J connectivity index is 1.79. The molecule has 2 N–H and O–H groups in total. The second-order valence-corrected chi connectivity index (χ2v) is 6.06. The third kappa shape index (κ3) is 3.47. The molecule has 0 aromatic heterocycles. The predicted molar refractivity (Wildman–Crippen MR) is 92.7 cm³/mol. The third-order valence-corrected chi connectivity index (χ3v) is 4.39. The van der Waals surface area contributed by atoms with Crippen LogP contribution in [-0.2, 0) is 6.61 Å². The molecule has 2 aromatic carbocycles. The summed E-state index contributed by atoms with van der Waals surface area (Å²) < 4.78 is 6.03. The van der Waals surface area contributed by atoms with E-state index in [0.29, 0.717) is 6.61 Å². The first-order chi connectivity index (χ1) is 10.7. The van der Waals surface area contributed by atoms with E-state index < -0.39 is 0 Å². The molecule has 0 spiro atoms. The van der Waals surface area contributed by atoms with Crippen molar-refractivity contribution in [2.75, 3.05) is 23.7 Å². The highest BCUT2D eigenvalue weighted by atomic mass is 35.5. The van der Waals surface area contributed by atoms with E-state index in [1.54, 1.807) is 0 Å². The third-order valence-electron chi connectivity index (χ3n) is 4.02. The van der Waals surface area contributed by atoms with Crippen LogP contribution in [0.4, 0.5) is 11.4 Å². The highest BCUT2D eigenvalue weighted by Crippen LogP contribution is 2.33. The van der Waals surface area contributed by atoms with Gasteiger partial charge in [0.05, 0.1) is 5.69 Å². The minimum Gasteiger partial charge on any atom is -0.487 e. The zero-order chi connectivity index (χ0) is 15.4. The van der Waals surface area contributed by atoms with Crippen LogP contribution in [0, 0.1) is 0 Å². The second-order valence-electron chi connectivity index (χ2n) is 5.65. The maximum Gasteiger partial charge on any atom is 0.145 e. The number of nitrogens with zero attached hydrogens (tertiary/aromatic N) is 1. The first-order valence-electron chi connectivity index (χ1n) is 7.75. The molecule has 116 valence electrons. The van der Waals surface area contributed by atoms with Crippen molar-refractivity contribution in [3.8, 4) is 5.75 Å². The number of piperidine rings is 1. The zero-order valence-electron chi connectivity index (χ0n) is 12.6. The summed E-state index contributed by atoms with van der Waals surface area (Å²) in [4.78, 5) is 2.38. The lowest BCUT2D eigenvalue weighted by Gasteiger charge is -2.30. The van der Waals surface area contributed by atoms with E-state index in [9.17, 15) is 0 Å². The maximum atomic E-state index is 6.20. The molecule has 0 saturated carbocycles. The van der Waals surface area contributed by atoms with Crippen LogP contribution in [0.1, 0.15) is 24.8 Å². The Hall–Kier alpha value is -1.87. The first kappa shape index (κ1) is 15.0. The number of hydrogen-bond acceptors (Lipinski definition) is 3. The minimum atomic E-state index is 0.448. The van der Waals surface area contributed by atoms with E-state index in [0.717, 1.165) is 40.8 Å². The number of nitrogens with two attached hydrogens (primary N) is 1. The van der Waals surface area contributed by atoms with Crippen molar-refractivity contribution in [2.24, 2.45) is 0 Å². The summed E-state index contributed by atoms with van der Waals surface area (Å²) in [6.07, 6.45) is 3.77. The lowest BCUT2D eigenvalue weighted by molar-refractivity contribution is 0.306. The van der Waals surface area contributed by atoms with Gasteiger partial charge in [-0.2, -0.15) is 0 Å². The zero-order valence-corrected chi connectivity index (χ0v) is 13.4. The van der Waals surface area contributed by atoms with E-state index in [1.807, 2.05) is 36.4 Å². The van der Waals surface area contributed by atoms with Gasteiger partial charge in [0.15, 0.2) is 0 Å². The van der Waals surface area contributed by atoms with Gasteiger partial charge >= 0.3 is 0 Å². The van der Waals surface area contributed by atoms with E-state index in [2.05, 4.69) is 11.0 Å². The normalized spacial score (nSPS) is 14.9. The molecular formula is C18H21ClN2O. The lowest BCUT2D eigenvalue weighted by Crippen LogP contribution is -2.29. The number of ether oxygens (including phenoxy) is 1. The molecule has 3 nitrogen and oxygen atoms in total. The monoisotopic (exact) mass is 316 g/mol. The van der Waals surface area contributed by atoms with Crippen LogP contribution in [0.2, 0.25) is 5.02 Å². The Morgan fingerprint density at radius 2 is 1.82 bits per heavy atom. The average Bonchev–Trinajstić information content (AvgIpc) is 2.55. The van der Waals surface area contributed by atoms with Gasteiger partial charge in [0.2, 0.25) is 0 Å². The highest BCUT2D eigenvalue weighted by molar-refractivity contribution is 6.31.